The van der Waals surface area contributed by atoms with Gasteiger partial charge in [-0.3, -0.25) is 4.79 Å². The van der Waals surface area contributed by atoms with E-state index in [0.717, 1.165) is 37.7 Å². The van der Waals surface area contributed by atoms with Crippen molar-refractivity contribution in [2.45, 2.75) is 32.1 Å². The molecule has 0 bridgehead atoms. The third-order valence-electron chi connectivity index (χ3n) is 3.24. The van der Waals surface area contributed by atoms with Crippen LogP contribution in [-0.2, 0) is 11.2 Å². The molecule has 0 aliphatic heterocycles. The summed E-state index contributed by atoms with van der Waals surface area (Å²) < 4.78 is 0. The van der Waals surface area contributed by atoms with Gasteiger partial charge in [0.05, 0.1) is 11.6 Å². The van der Waals surface area contributed by atoms with Crippen LogP contribution in [0.3, 0.4) is 0 Å². The van der Waals surface area contributed by atoms with Crippen molar-refractivity contribution >= 4 is 5.78 Å². The maximum Gasteiger partial charge on any atom is 0.132 e. The predicted octanol–water partition coefficient (Wildman–Crippen LogP) is 2.86. The van der Waals surface area contributed by atoms with Crippen LogP contribution in [0.15, 0.2) is 24.3 Å². The summed E-state index contributed by atoms with van der Waals surface area (Å²) in [5.74, 6) is 1.02. The normalized spacial score (nSPS) is 17.1. The minimum absolute atomic E-state index is 0.405. The van der Waals surface area contributed by atoms with Gasteiger partial charge in [-0.25, -0.2) is 0 Å². The molecule has 1 aromatic rings. The highest BCUT2D eigenvalue weighted by Gasteiger charge is 2.18. The number of ketones is 1. The molecular weight excluding hydrogens is 198 g/mol. The van der Waals surface area contributed by atoms with E-state index >= 15 is 0 Å². The van der Waals surface area contributed by atoms with Gasteiger partial charge in [0.1, 0.15) is 5.78 Å². The molecule has 1 aromatic carbocycles. The van der Waals surface area contributed by atoms with Crippen molar-refractivity contribution < 1.29 is 4.79 Å². The molecule has 0 aromatic heterocycles. The van der Waals surface area contributed by atoms with E-state index in [2.05, 4.69) is 12.1 Å². The summed E-state index contributed by atoms with van der Waals surface area (Å²) in [6, 6.07) is 9.94. The summed E-state index contributed by atoms with van der Waals surface area (Å²) >= 11 is 0. The summed E-state index contributed by atoms with van der Waals surface area (Å²) in [6.07, 6.45) is 4.50. The van der Waals surface area contributed by atoms with Crippen LogP contribution in [0.5, 0.6) is 0 Å². The average molecular weight is 213 g/mol. The molecule has 0 N–H and O–H groups in total. The molecule has 0 saturated heterocycles. The van der Waals surface area contributed by atoms with Gasteiger partial charge < -0.3 is 0 Å². The van der Waals surface area contributed by atoms with Crippen molar-refractivity contribution in [1.29, 1.82) is 5.26 Å². The first-order valence-corrected chi connectivity index (χ1v) is 5.78. The van der Waals surface area contributed by atoms with E-state index in [9.17, 15) is 4.79 Å². The number of hydrogen-bond donors (Lipinski definition) is 0. The SMILES string of the molecule is N#Cc1cccc(CC2CCC(=O)CC2)c1. The van der Waals surface area contributed by atoms with E-state index in [4.69, 9.17) is 5.26 Å². The lowest BCUT2D eigenvalue weighted by molar-refractivity contribution is -0.120. The van der Waals surface area contributed by atoms with Crippen LogP contribution in [0.1, 0.15) is 36.8 Å². The monoisotopic (exact) mass is 213 g/mol. The molecule has 2 heteroatoms. The zero-order valence-corrected chi connectivity index (χ0v) is 9.28. The summed E-state index contributed by atoms with van der Waals surface area (Å²) in [5.41, 5.74) is 1.95. The van der Waals surface area contributed by atoms with Gasteiger partial charge in [0, 0.05) is 12.8 Å². The second-order valence-corrected chi connectivity index (χ2v) is 4.50. The maximum atomic E-state index is 11.1. The van der Waals surface area contributed by atoms with E-state index < -0.39 is 0 Å². The van der Waals surface area contributed by atoms with E-state index in [1.54, 1.807) is 0 Å². The molecule has 1 saturated carbocycles. The number of nitriles is 1. The predicted molar refractivity (Wildman–Crippen MR) is 61.8 cm³/mol. The van der Waals surface area contributed by atoms with Gasteiger partial charge >= 0.3 is 0 Å². The molecule has 1 fully saturated rings. The number of carbonyl (C=O) groups excluding carboxylic acids is 1. The Morgan fingerprint density at radius 2 is 2.06 bits per heavy atom. The zero-order chi connectivity index (χ0) is 11.4. The Morgan fingerprint density at radius 1 is 1.31 bits per heavy atom. The molecule has 0 amide bonds. The van der Waals surface area contributed by atoms with Gasteiger partial charge in [-0.05, 0) is 42.9 Å². The maximum absolute atomic E-state index is 11.1. The van der Waals surface area contributed by atoms with Crippen LogP contribution in [0.25, 0.3) is 0 Å². The molecule has 0 radical (unpaired) electrons. The Hall–Kier alpha value is -1.62. The molecule has 0 unspecified atom stereocenters. The Balaban J connectivity index is 1.98. The molecule has 2 nitrogen and oxygen atoms in total. The van der Waals surface area contributed by atoms with Crippen LogP contribution < -0.4 is 0 Å². The van der Waals surface area contributed by atoms with Gasteiger partial charge in [-0.2, -0.15) is 5.26 Å². The van der Waals surface area contributed by atoms with E-state index in [1.165, 1.54) is 5.56 Å². The fourth-order valence-corrected chi connectivity index (χ4v) is 2.30. The minimum Gasteiger partial charge on any atom is -0.300 e. The first-order chi connectivity index (χ1) is 7.78. The van der Waals surface area contributed by atoms with E-state index in [-0.39, 0.29) is 0 Å². The van der Waals surface area contributed by atoms with Crippen LogP contribution in [-0.4, -0.2) is 5.78 Å². The average Bonchev–Trinajstić information content (AvgIpc) is 2.32. The third kappa shape index (κ3) is 2.70. The highest BCUT2D eigenvalue weighted by Crippen LogP contribution is 2.25. The van der Waals surface area contributed by atoms with Crippen molar-refractivity contribution in [2.24, 2.45) is 5.92 Å². The number of nitrogens with zero attached hydrogens (tertiary/aromatic N) is 1. The van der Waals surface area contributed by atoms with Crippen molar-refractivity contribution in [3.63, 3.8) is 0 Å². The van der Waals surface area contributed by atoms with Crippen LogP contribution in [0.4, 0.5) is 0 Å². The highest BCUT2D eigenvalue weighted by atomic mass is 16.1. The third-order valence-corrected chi connectivity index (χ3v) is 3.24. The molecule has 2 rings (SSSR count). The van der Waals surface area contributed by atoms with Crippen molar-refractivity contribution in [2.75, 3.05) is 0 Å². The van der Waals surface area contributed by atoms with Gasteiger partial charge in [0.25, 0.3) is 0 Å². The van der Waals surface area contributed by atoms with E-state index in [1.807, 2.05) is 18.2 Å². The first-order valence-electron chi connectivity index (χ1n) is 5.78. The number of benzene rings is 1. The fourth-order valence-electron chi connectivity index (χ4n) is 2.30. The second-order valence-electron chi connectivity index (χ2n) is 4.50. The Kier molecular flexibility index (Phi) is 3.36. The lowest BCUT2D eigenvalue weighted by Crippen LogP contribution is -2.15. The Labute approximate surface area is 95.9 Å². The fraction of sp³-hybridized carbons (Fsp3) is 0.429. The van der Waals surface area contributed by atoms with Crippen molar-refractivity contribution in [1.82, 2.24) is 0 Å². The van der Waals surface area contributed by atoms with Crippen LogP contribution in [0, 0.1) is 17.2 Å². The van der Waals surface area contributed by atoms with Gasteiger partial charge in [-0.15, -0.1) is 0 Å². The summed E-state index contributed by atoms with van der Waals surface area (Å²) in [5, 5.41) is 8.81. The number of rotatable bonds is 2. The Morgan fingerprint density at radius 3 is 2.75 bits per heavy atom. The van der Waals surface area contributed by atoms with Gasteiger partial charge in [0.2, 0.25) is 0 Å². The van der Waals surface area contributed by atoms with Gasteiger partial charge in [0.15, 0.2) is 0 Å². The molecule has 82 valence electrons. The zero-order valence-electron chi connectivity index (χ0n) is 9.28. The van der Waals surface area contributed by atoms with Crippen molar-refractivity contribution in [3.05, 3.63) is 35.4 Å². The molecule has 16 heavy (non-hydrogen) atoms. The molecule has 0 heterocycles. The topological polar surface area (TPSA) is 40.9 Å². The lowest BCUT2D eigenvalue weighted by Gasteiger charge is -2.20. The highest BCUT2D eigenvalue weighted by molar-refractivity contribution is 5.79. The molecular formula is C14H15NO. The largest absolute Gasteiger partial charge is 0.300 e. The Bertz CT molecular complexity index is 421. The first kappa shape index (κ1) is 10.9. The standard InChI is InChI=1S/C14H15NO/c15-10-13-3-1-2-12(9-13)8-11-4-6-14(16)7-5-11/h1-3,9,11H,4-8H2. The molecule has 1 aliphatic rings. The summed E-state index contributed by atoms with van der Waals surface area (Å²) in [7, 11) is 0. The lowest BCUT2D eigenvalue weighted by atomic mass is 9.84. The summed E-state index contributed by atoms with van der Waals surface area (Å²) in [6.45, 7) is 0. The number of carbonyl (C=O) groups is 1. The number of hydrogen-bond acceptors (Lipinski definition) is 2. The molecule has 1 aliphatic carbocycles. The summed E-state index contributed by atoms with van der Waals surface area (Å²) in [4.78, 5) is 11.1. The van der Waals surface area contributed by atoms with E-state index in [0.29, 0.717) is 11.7 Å². The van der Waals surface area contributed by atoms with Gasteiger partial charge in [-0.1, -0.05) is 12.1 Å². The van der Waals surface area contributed by atoms with Crippen LogP contribution in [0.2, 0.25) is 0 Å². The second kappa shape index (κ2) is 4.94. The van der Waals surface area contributed by atoms with Crippen LogP contribution >= 0.6 is 0 Å². The van der Waals surface area contributed by atoms with Crippen molar-refractivity contribution in [3.8, 4) is 6.07 Å². The smallest absolute Gasteiger partial charge is 0.132 e. The molecule has 0 spiro atoms. The molecule has 0 atom stereocenters. The minimum atomic E-state index is 0.405. The number of Topliss-reactive ketones (excluding diaryl/α,β-unsaturated/α-hetero) is 1. The quantitative estimate of drug-likeness (QED) is 0.758.